The molecule has 0 unspecified atom stereocenters. The first-order valence-electron chi connectivity index (χ1n) is 8.59. The summed E-state index contributed by atoms with van der Waals surface area (Å²) in [6.45, 7) is 2.16. The molecule has 1 aliphatic rings. The average Bonchev–Trinajstić information content (AvgIpc) is 2.60. The Morgan fingerprint density at radius 1 is 1.04 bits per heavy atom. The van der Waals surface area contributed by atoms with Gasteiger partial charge in [-0.1, -0.05) is 13.8 Å². The molecule has 0 saturated carbocycles. The lowest BCUT2D eigenvalue weighted by Gasteiger charge is -2.26. The van der Waals surface area contributed by atoms with Crippen LogP contribution < -0.4 is 0 Å². The van der Waals surface area contributed by atoms with E-state index in [0.717, 1.165) is 24.3 Å². The van der Waals surface area contributed by atoms with Crippen molar-refractivity contribution in [2.45, 2.75) is 29.8 Å². The van der Waals surface area contributed by atoms with Crippen LogP contribution in [0.2, 0.25) is 0 Å². The fourth-order valence-electron chi connectivity index (χ4n) is 2.72. The Hall–Kier alpha value is -1.21. The van der Waals surface area contributed by atoms with E-state index < -0.39 is 37.7 Å². The summed E-state index contributed by atoms with van der Waals surface area (Å²) in [6, 6.07) is 4.23. The molecule has 0 N–H and O–H groups in total. The van der Waals surface area contributed by atoms with Crippen LogP contribution in [0, 0.1) is 5.92 Å². The summed E-state index contributed by atoms with van der Waals surface area (Å²) in [4.78, 5) is -0.516. The number of hydrogen-bond donors (Lipinski definition) is 0. The Kier molecular flexibility index (Phi) is 7.13. The minimum atomic E-state index is -4.69. The van der Waals surface area contributed by atoms with Crippen LogP contribution in [0.4, 0.5) is 13.2 Å². The van der Waals surface area contributed by atoms with Crippen LogP contribution in [0.1, 0.15) is 13.8 Å². The van der Waals surface area contributed by atoms with Gasteiger partial charge in [-0.2, -0.15) is 21.8 Å². The molecule has 0 atom stereocenters. The summed E-state index contributed by atoms with van der Waals surface area (Å²) in [5.41, 5.74) is 0. The van der Waals surface area contributed by atoms with Crippen LogP contribution in [0.3, 0.4) is 0 Å². The zero-order chi connectivity index (χ0) is 21.2. The van der Waals surface area contributed by atoms with Crippen molar-refractivity contribution in [2.75, 3.05) is 39.4 Å². The Labute approximate surface area is 163 Å². The maximum atomic E-state index is 12.8. The van der Waals surface area contributed by atoms with E-state index in [9.17, 15) is 30.0 Å². The first-order chi connectivity index (χ1) is 12.8. The van der Waals surface area contributed by atoms with E-state index in [4.69, 9.17) is 4.74 Å². The lowest BCUT2D eigenvalue weighted by Crippen LogP contribution is -2.41. The molecular formula is C16H23F3N2O5S2. The predicted molar refractivity (Wildman–Crippen MR) is 95.7 cm³/mol. The number of rotatable bonds is 7. The van der Waals surface area contributed by atoms with Crippen LogP contribution >= 0.6 is 0 Å². The van der Waals surface area contributed by atoms with Crippen molar-refractivity contribution < 1.29 is 34.7 Å². The van der Waals surface area contributed by atoms with E-state index >= 15 is 0 Å². The van der Waals surface area contributed by atoms with Crippen molar-refractivity contribution in [2.24, 2.45) is 5.92 Å². The second-order valence-corrected chi connectivity index (χ2v) is 10.7. The van der Waals surface area contributed by atoms with Gasteiger partial charge >= 0.3 is 6.18 Å². The van der Waals surface area contributed by atoms with Crippen LogP contribution in [0.25, 0.3) is 0 Å². The van der Waals surface area contributed by atoms with Crippen LogP contribution in [0.15, 0.2) is 34.1 Å². The highest BCUT2D eigenvalue weighted by Crippen LogP contribution is 2.25. The number of benzene rings is 1. The van der Waals surface area contributed by atoms with Crippen molar-refractivity contribution in [1.29, 1.82) is 0 Å². The molecule has 0 aromatic heterocycles. The third-order valence-corrected chi connectivity index (χ3v) is 7.73. The number of ether oxygens (including phenoxy) is 1. The predicted octanol–water partition coefficient (Wildman–Crippen LogP) is 1.92. The van der Waals surface area contributed by atoms with E-state index in [1.54, 1.807) is 13.8 Å². The van der Waals surface area contributed by atoms with E-state index in [0.29, 0.717) is 4.31 Å². The van der Waals surface area contributed by atoms with Gasteiger partial charge in [0.05, 0.1) is 23.0 Å². The summed E-state index contributed by atoms with van der Waals surface area (Å²) in [6.07, 6.45) is -4.69. The molecule has 1 aromatic rings. The lowest BCUT2D eigenvalue weighted by atomic mass is 10.2. The van der Waals surface area contributed by atoms with Crippen molar-refractivity contribution in [1.82, 2.24) is 8.61 Å². The van der Waals surface area contributed by atoms with Crippen molar-refractivity contribution in [3.8, 4) is 0 Å². The molecule has 0 spiro atoms. The van der Waals surface area contributed by atoms with Crippen LogP contribution in [0.5, 0.6) is 0 Å². The molecule has 0 radical (unpaired) electrons. The van der Waals surface area contributed by atoms with Crippen molar-refractivity contribution >= 4 is 20.0 Å². The zero-order valence-corrected chi connectivity index (χ0v) is 17.1. The van der Waals surface area contributed by atoms with E-state index in [1.165, 1.54) is 4.31 Å². The van der Waals surface area contributed by atoms with Crippen molar-refractivity contribution in [3.63, 3.8) is 0 Å². The number of morpholine rings is 1. The van der Waals surface area contributed by atoms with Gasteiger partial charge in [-0.15, -0.1) is 0 Å². The maximum Gasteiger partial charge on any atom is 0.402 e. The summed E-state index contributed by atoms with van der Waals surface area (Å²) in [7, 11) is -8.26. The van der Waals surface area contributed by atoms with Gasteiger partial charge in [0.2, 0.25) is 20.0 Å². The molecule has 0 amide bonds. The summed E-state index contributed by atoms with van der Waals surface area (Å²) >= 11 is 0. The molecule has 7 nitrogen and oxygen atoms in total. The van der Waals surface area contributed by atoms with Gasteiger partial charge in [-0.05, 0) is 30.2 Å². The second-order valence-electron chi connectivity index (χ2n) is 6.79. The fraction of sp³-hybridized carbons (Fsp3) is 0.625. The van der Waals surface area contributed by atoms with E-state index in [1.807, 2.05) is 0 Å². The molecule has 1 heterocycles. The molecule has 1 fully saturated rings. The number of alkyl halides is 3. The van der Waals surface area contributed by atoms with Gasteiger partial charge in [0.1, 0.15) is 6.54 Å². The SMILES string of the molecule is CC(C)CN(CC(F)(F)F)S(=O)(=O)c1ccc(S(=O)(=O)N2CCOCC2)cc1. The topological polar surface area (TPSA) is 84.0 Å². The maximum absolute atomic E-state index is 12.8. The van der Waals surface area contributed by atoms with Gasteiger partial charge in [-0.25, -0.2) is 16.8 Å². The number of halogens is 3. The normalized spacial score (nSPS) is 17.4. The molecule has 28 heavy (non-hydrogen) atoms. The van der Waals surface area contributed by atoms with Gasteiger partial charge in [-0.3, -0.25) is 0 Å². The Bertz CT molecular complexity index is 863. The molecule has 0 aliphatic carbocycles. The molecule has 1 aliphatic heterocycles. The minimum absolute atomic E-state index is 0.125. The third kappa shape index (κ3) is 5.66. The van der Waals surface area contributed by atoms with Crippen LogP contribution in [-0.2, 0) is 24.8 Å². The Morgan fingerprint density at radius 3 is 2.00 bits per heavy atom. The van der Waals surface area contributed by atoms with E-state index in [2.05, 4.69) is 0 Å². The third-order valence-electron chi connectivity index (χ3n) is 3.99. The van der Waals surface area contributed by atoms with Crippen LogP contribution in [-0.4, -0.2) is 71.0 Å². The molecule has 160 valence electrons. The quantitative estimate of drug-likeness (QED) is 0.642. The molecule has 12 heteroatoms. The summed E-state index contributed by atoms with van der Waals surface area (Å²) < 4.78 is 95.6. The molecule has 2 rings (SSSR count). The largest absolute Gasteiger partial charge is 0.402 e. The molecule has 0 bridgehead atoms. The van der Waals surface area contributed by atoms with Gasteiger partial charge < -0.3 is 4.74 Å². The lowest BCUT2D eigenvalue weighted by molar-refractivity contribution is -0.136. The summed E-state index contributed by atoms with van der Waals surface area (Å²) in [5, 5.41) is 0. The van der Waals surface area contributed by atoms with Gasteiger partial charge in [0.25, 0.3) is 0 Å². The highest BCUT2D eigenvalue weighted by Gasteiger charge is 2.37. The van der Waals surface area contributed by atoms with Gasteiger partial charge in [0, 0.05) is 19.6 Å². The zero-order valence-electron chi connectivity index (χ0n) is 15.5. The van der Waals surface area contributed by atoms with Gasteiger partial charge in [0.15, 0.2) is 0 Å². The minimum Gasteiger partial charge on any atom is -0.379 e. The highest BCUT2D eigenvalue weighted by molar-refractivity contribution is 7.89. The standard InChI is InChI=1S/C16H23F3N2O5S2/c1-13(2)11-21(12-16(17,18)19)28(24,25)15-5-3-14(4-6-15)27(22,23)20-7-9-26-10-8-20/h3-6,13H,7-12H2,1-2H3. The monoisotopic (exact) mass is 444 g/mol. The smallest absolute Gasteiger partial charge is 0.379 e. The summed E-state index contributed by atoms with van der Waals surface area (Å²) in [5.74, 6) is -0.321. The first kappa shape index (κ1) is 23.1. The van der Waals surface area contributed by atoms with E-state index in [-0.39, 0.29) is 43.7 Å². The first-order valence-corrected chi connectivity index (χ1v) is 11.5. The Morgan fingerprint density at radius 2 is 1.54 bits per heavy atom. The second kappa shape index (κ2) is 8.66. The van der Waals surface area contributed by atoms with Crippen molar-refractivity contribution in [3.05, 3.63) is 24.3 Å². The number of sulfonamides is 2. The molecular weight excluding hydrogens is 421 g/mol. The highest BCUT2D eigenvalue weighted by atomic mass is 32.2. The molecule has 1 saturated heterocycles. The Balaban J connectivity index is 2.31. The average molecular weight is 444 g/mol. The molecule has 1 aromatic carbocycles. The fourth-order valence-corrected chi connectivity index (χ4v) is 5.72. The number of hydrogen-bond acceptors (Lipinski definition) is 5. The number of nitrogens with zero attached hydrogens (tertiary/aromatic N) is 2.